The number of fused-ring (bicyclic) bond motifs is 1. The van der Waals surface area contributed by atoms with Crippen LogP contribution in [0, 0.1) is 13.8 Å². The maximum absolute atomic E-state index is 12.0. The lowest BCUT2D eigenvalue weighted by Gasteiger charge is -2.17. The predicted molar refractivity (Wildman–Crippen MR) is 77.5 cm³/mol. The van der Waals surface area contributed by atoms with E-state index in [1.165, 1.54) is 6.33 Å². The molecule has 3 heterocycles. The van der Waals surface area contributed by atoms with Crippen LogP contribution in [0.4, 0.5) is 11.6 Å². The molecule has 0 aliphatic rings. The van der Waals surface area contributed by atoms with E-state index in [4.69, 9.17) is 9.05 Å². The lowest BCUT2D eigenvalue weighted by atomic mass is 10.3. The maximum atomic E-state index is 12.0. The molecule has 0 fully saturated rings. The Kier molecular flexibility index (Phi) is 3.45. The van der Waals surface area contributed by atoms with Crippen molar-refractivity contribution in [1.82, 2.24) is 20.3 Å². The van der Waals surface area contributed by atoms with Crippen molar-refractivity contribution < 1.29 is 13.8 Å². The van der Waals surface area contributed by atoms with E-state index in [1.54, 1.807) is 31.9 Å². The van der Waals surface area contributed by atoms with Gasteiger partial charge in [0.25, 0.3) is 5.71 Å². The molecule has 9 nitrogen and oxygen atoms in total. The summed E-state index contributed by atoms with van der Waals surface area (Å²) in [6.07, 6.45) is 1.37. The number of rotatable bonds is 4. The molecule has 3 aromatic heterocycles. The topological polar surface area (TPSA) is 110 Å². The van der Waals surface area contributed by atoms with Crippen molar-refractivity contribution >= 4 is 28.6 Å². The van der Waals surface area contributed by atoms with E-state index in [1.807, 2.05) is 0 Å². The highest BCUT2D eigenvalue weighted by Crippen LogP contribution is 2.24. The Morgan fingerprint density at radius 2 is 2.09 bits per heavy atom. The van der Waals surface area contributed by atoms with Crippen LogP contribution in [0.5, 0.6) is 0 Å². The second kappa shape index (κ2) is 5.43. The van der Waals surface area contributed by atoms with Gasteiger partial charge in [0.15, 0.2) is 5.82 Å². The zero-order chi connectivity index (χ0) is 15.7. The van der Waals surface area contributed by atoms with E-state index < -0.39 is 0 Å². The van der Waals surface area contributed by atoms with E-state index in [0.717, 1.165) is 0 Å². The van der Waals surface area contributed by atoms with Gasteiger partial charge >= 0.3 is 0 Å². The fraction of sp³-hybridized carbons (Fsp3) is 0.308. The molecule has 0 aliphatic heterocycles. The standard InChI is InChI=1S/C13H14N6O3/c1-7-4-9(18-21-7)16-10(20)5-19(3)12-11-8(2)17-22-13(11)15-6-14-12/h4,6H,5H2,1-3H3,(H,16,18,20). The largest absolute Gasteiger partial charge is 0.360 e. The van der Waals surface area contributed by atoms with Gasteiger partial charge in [-0.2, -0.15) is 4.98 Å². The number of nitrogens with one attached hydrogen (secondary N) is 1. The third kappa shape index (κ3) is 2.60. The van der Waals surface area contributed by atoms with Crippen LogP contribution < -0.4 is 10.2 Å². The van der Waals surface area contributed by atoms with Crippen LogP contribution in [0.3, 0.4) is 0 Å². The average Bonchev–Trinajstić information content (AvgIpc) is 3.05. The molecule has 0 aliphatic carbocycles. The van der Waals surface area contributed by atoms with Crippen molar-refractivity contribution in [3.63, 3.8) is 0 Å². The molecule has 114 valence electrons. The predicted octanol–water partition coefficient (Wildman–Crippen LogP) is 1.30. The lowest BCUT2D eigenvalue weighted by molar-refractivity contribution is -0.115. The van der Waals surface area contributed by atoms with Gasteiger partial charge in [-0.1, -0.05) is 10.3 Å². The summed E-state index contributed by atoms with van der Waals surface area (Å²) in [4.78, 5) is 21.9. The number of amides is 1. The zero-order valence-corrected chi connectivity index (χ0v) is 12.3. The molecule has 0 saturated carbocycles. The van der Waals surface area contributed by atoms with E-state index >= 15 is 0 Å². The fourth-order valence-electron chi connectivity index (χ4n) is 2.09. The van der Waals surface area contributed by atoms with Gasteiger partial charge in [0.2, 0.25) is 5.91 Å². The number of carbonyl (C=O) groups excluding carboxylic acids is 1. The van der Waals surface area contributed by atoms with Gasteiger partial charge in [-0.15, -0.1) is 0 Å². The van der Waals surface area contributed by atoms with Crippen molar-refractivity contribution in [2.45, 2.75) is 13.8 Å². The quantitative estimate of drug-likeness (QED) is 0.767. The van der Waals surface area contributed by atoms with Crippen LogP contribution in [0.2, 0.25) is 0 Å². The minimum atomic E-state index is -0.239. The number of anilines is 2. The van der Waals surface area contributed by atoms with Crippen molar-refractivity contribution in [3.8, 4) is 0 Å². The number of aryl methyl sites for hydroxylation is 2. The van der Waals surface area contributed by atoms with Crippen LogP contribution >= 0.6 is 0 Å². The number of carbonyl (C=O) groups is 1. The summed E-state index contributed by atoms with van der Waals surface area (Å²) < 4.78 is 9.99. The van der Waals surface area contributed by atoms with Crippen LogP contribution in [-0.4, -0.2) is 39.8 Å². The minimum Gasteiger partial charge on any atom is -0.360 e. The molecule has 0 unspecified atom stereocenters. The van der Waals surface area contributed by atoms with Gasteiger partial charge < -0.3 is 19.3 Å². The highest BCUT2D eigenvalue weighted by molar-refractivity contribution is 5.95. The molecule has 0 aromatic carbocycles. The second-order valence-corrected chi connectivity index (χ2v) is 4.87. The molecule has 9 heteroatoms. The Labute approximate surface area is 125 Å². The van der Waals surface area contributed by atoms with E-state index in [9.17, 15) is 4.79 Å². The monoisotopic (exact) mass is 302 g/mol. The van der Waals surface area contributed by atoms with Gasteiger partial charge in [0, 0.05) is 13.1 Å². The summed E-state index contributed by atoms with van der Waals surface area (Å²) >= 11 is 0. The Morgan fingerprint density at radius 1 is 1.27 bits per heavy atom. The number of hydrogen-bond donors (Lipinski definition) is 1. The first kappa shape index (κ1) is 14.0. The van der Waals surface area contributed by atoms with E-state index in [0.29, 0.717) is 34.2 Å². The van der Waals surface area contributed by atoms with Gasteiger partial charge in [0.05, 0.1) is 12.2 Å². The van der Waals surface area contributed by atoms with E-state index in [-0.39, 0.29) is 12.5 Å². The van der Waals surface area contributed by atoms with Gasteiger partial charge in [-0.05, 0) is 13.8 Å². The molecule has 0 spiro atoms. The Morgan fingerprint density at radius 3 is 2.82 bits per heavy atom. The Balaban J connectivity index is 1.77. The molecule has 22 heavy (non-hydrogen) atoms. The zero-order valence-electron chi connectivity index (χ0n) is 12.3. The minimum absolute atomic E-state index is 0.0860. The van der Waals surface area contributed by atoms with Gasteiger partial charge in [-0.3, -0.25) is 4.79 Å². The van der Waals surface area contributed by atoms with Gasteiger partial charge in [0.1, 0.15) is 23.3 Å². The van der Waals surface area contributed by atoms with Crippen LogP contribution in [0.25, 0.3) is 11.1 Å². The normalized spacial score (nSPS) is 10.9. The summed E-state index contributed by atoms with van der Waals surface area (Å²) in [5, 5.41) is 10.9. The summed E-state index contributed by atoms with van der Waals surface area (Å²) in [6.45, 7) is 3.63. The Hall–Kier alpha value is -2.97. The molecule has 3 rings (SSSR count). The fourth-order valence-corrected chi connectivity index (χ4v) is 2.09. The van der Waals surface area contributed by atoms with Crippen LogP contribution in [0.15, 0.2) is 21.4 Å². The molecule has 0 bridgehead atoms. The molecule has 1 amide bonds. The molecule has 0 radical (unpaired) electrons. The number of nitrogens with zero attached hydrogens (tertiary/aromatic N) is 5. The van der Waals surface area contributed by atoms with Crippen molar-refractivity contribution in [3.05, 3.63) is 23.8 Å². The first-order valence-corrected chi connectivity index (χ1v) is 6.56. The average molecular weight is 302 g/mol. The number of hydrogen-bond acceptors (Lipinski definition) is 8. The highest BCUT2D eigenvalue weighted by Gasteiger charge is 2.17. The second-order valence-electron chi connectivity index (χ2n) is 4.87. The Bertz CT molecular complexity index is 824. The summed E-state index contributed by atoms with van der Waals surface area (Å²) in [7, 11) is 1.75. The first-order chi connectivity index (χ1) is 10.5. The molecule has 3 aromatic rings. The molecule has 1 N–H and O–H groups in total. The van der Waals surface area contributed by atoms with Crippen molar-refractivity contribution in [1.29, 1.82) is 0 Å². The third-order valence-electron chi connectivity index (χ3n) is 3.06. The summed E-state index contributed by atoms with van der Waals surface area (Å²) in [6, 6.07) is 1.64. The highest BCUT2D eigenvalue weighted by atomic mass is 16.5. The summed E-state index contributed by atoms with van der Waals surface area (Å²) in [5.41, 5.74) is 1.06. The molecule has 0 saturated heterocycles. The number of aromatic nitrogens is 4. The molecule has 0 atom stereocenters. The summed E-state index contributed by atoms with van der Waals surface area (Å²) in [5.74, 6) is 1.35. The van der Waals surface area contributed by atoms with Gasteiger partial charge in [-0.25, -0.2) is 4.98 Å². The molecular formula is C13H14N6O3. The van der Waals surface area contributed by atoms with Crippen LogP contribution in [-0.2, 0) is 4.79 Å². The van der Waals surface area contributed by atoms with Crippen molar-refractivity contribution in [2.24, 2.45) is 0 Å². The molecular weight excluding hydrogens is 288 g/mol. The van der Waals surface area contributed by atoms with E-state index in [2.05, 4.69) is 25.6 Å². The smallest absolute Gasteiger partial charge is 0.263 e. The van der Waals surface area contributed by atoms with Crippen LogP contribution in [0.1, 0.15) is 11.5 Å². The third-order valence-corrected chi connectivity index (χ3v) is 3.06. The lowest BCUT2D eigenvalue weighted by Crippen LogP contribution is -2.30. The SMILES string of the molecule is Cc1cc(NC(=O)CN(C)c2ncnc3onc(C)c23)no1. The van der Waals surface area contributed by atoms with Crippen molar-refractivity contribution in [2.75, 3.05) is 23.8 Å². The number of likely N-dealkylation sites (N-methyl/N-ethyl adjacent to an activating group) is 1. The maximum Gasteiger partial charge on any atom is 0.263 e. The first-order valence-electron chi connectivity index (χ1n) is 6.56.